The summed E-state index contributed by atoms with van der Waals surface area (Å²) in [5.41, 5.74) is 2.31. The van der Waals surface area contributed by atoms with Crippen LogP contribution >= 0.6 is 35.0 Å². The number of hydrogen-bond donors (Lipinski definition) is 1. The van der Waals surface area contributed by atoms with E-state index in [-0.39, 0.29) is 33.6 Å². The molecule has 256 valence electrons. The van der Waals surface area contributed by atoms with Crippen molar-refractivity contribution in [2.45, 2.75) is 30.2 Å². The van der Waals surface area contributed by atoms with Crippen LogP contribution in [0.4, 0.5) is 8.78 Å². The number of piperazine rings is 1. The van der Waals surface area contributed by atoms with E-state index in [1.807, 2.05) is 16.7 Å². The highest BCUT2D eigenvalue weighted by molar-refractivity contribution is 7.98. The zero-order valence-electron chi connectivity index (χ0n) is 28.2. The van der Waals surface area contributed by atoms with Gasteiger partial charge in [-0.25, -0.2) is 13.8 Å². The summed E-state index contributed by atoms with van der Waals surface area (Å²) in [4.78, 5) is 17.7. The molecule has 1 amide bonds. The van der Waals surface area contributed by atoms with Gasteiger partial charge in [-0.3, -0.25) is 9.36 Å². The molecule has 48 heavy (non-hydrogen) atoms. The average molecular weight is 719 g/mol. The Kier molecular flexibility index (Phi) is 10.8. The number of aromatic nitrogens is 2. The number of rotatable bonds is 11. The fraction of sp³-hybridized carbons (Fsp3) is 0.389. The summed E-state index contributed by atoms with van der Waals surface area (Å²) >= 11 is 14.2. The van der Waals surface area contributed by atoms with Crippen molar-refractivity contribution in [2.24, 2.45) is 0 Å². The molecule has 0 unspecified atom stereocenters. The van der Waals surface area contributed by atoms with Gasteiger partial charge in [0.25, 0.3) is 5.91 Å². The van der Waals surface area contributed by atoms with Gasteiger partial charge in [0.15, 0.2) is 5.16 Å². The highest BCUT2D eigenvalue weighted by Crippen LogP contribution is 2.39. The second-order valence-electron chi connectivity index (χ2n) is 13.8. The third-order valence-corrected chi connectivity index (χ3v) is 11.1. The van der Waals surface area contributed by atoms with Crippen LogP contribution in [0.2, 0.25) is 10.0 Å². The Bertz CT molecular complexity index is 1760. The molecule has 1 N–H and O–H groups in total. The summed E-state index contributed by atoms with van der Waals surface area (Å²) in [6.45, 7) is 9.67. The molecule has 12 heteroatoms. The van der Waals surface area contributed by atoms with E-state index in [0.29, 0.717) is 28.2 Å². The summed E-state index contributed by atoms with van der Waals surface area (Å²) < 4.78 is 38.8. The fourth-order valence-electron chi connectivity index (χ4n) is 5.94. The summed E-state index contributed by atoms with van der Waals surface area (Å²) in [5, 5.41) is 4.18. The molecule has 0 atom stereocenters. The van der Waals surface area contributed by atoms with Crippen molar-refractivity contribution in [3.8, 4) is 11.4 Å². The SMILES string of the molecule is COc1cc(C(C)(C)c2cnc(SCc3c(F)cc(C(=O)NCC[N+]4(C)CC[N+](C)(C)CC4)cc3Cl)n2-c2ccc(F)cc2)ccc1Cl. The quantitative estimate of drug-likeness (QED) is 0.130. The van der Waals surface area contributed by atoms with E-state index in [9.17, 15) is 9.18 Å². The molecule has 0 spiro atoms. The Hall–Kier alpha value is -3.15. The Morgan fingerprint density at radius 3 is 2.33 bits per heavy atom. The molecule has 1 aliphatic rings. The van der Waals surface area contributed by atoms with Crippen LogP contribution in [-0.4, -0.2) is 91.9 Å². The normalized spacial score (nSPS) is 15.7. The summed E-state index contributed by atoms with van der Waals surface area (Å²) in [7, 11) is 8.26. The molecule has 1 aromatic heterocycles. The van der Waals surface area contributed by atoms with Crippen LogP contribution < -0.4 is 10.1 Å². The Morgan fingerprint density at radius 2 is 1.69 bits per heavy atom. The number of likely N-dealkylation sites (N-methyl/N-ethyl adjacent to an activating group) is 2. The number of halogens is 4. The number of nitrogens with one attached hydrogen (secondary N) is 1. The molecular weight excluding hydrogens is 675 g/mol. The van der Waals surface area contributed by atoms with Gasteiger partial charge in [-0.05, 0) is 54.1 Å². The first-order chi connectivity index (χ1) is 22.6. The molecule has 0 saturated carbocycles. The Morgan fingerprint density at radius 1 is 1.00 bits per heavy atom. The first-order valence-corrected chi connectivity index (χ1v) is 17.6. The summed E-state index contributed by atoms with van der Waals surface area (Å²) in [5.74, 6) is -0.575. The predicted molar refractivity (Wildman–Crippen MR) is 190 cm³/mol. The van der Waals surface area contributed by atoms with Crippen LogP contribution in [0.3, 0.4) is 0 Å². The van der Waals surface area contributed by atoms with Gasteiger partial charge in [-0.2, -0.15) is 0 Å². The maximum Gasteiger partial charge on any atom is 0.251 e. The lowest BCUT2D eigenvalue weighted by atomic mass is 9.81. The molecule has 0 radical (unpaired) electrons. The number of thioether (sulfide) groups is 1. The van der Waals surface area contributed by atoms with Crippen LogP contribution in [0.5, 0.6) is 5.75 Å². The van der Waals surface area contributed by atoms with Crippen molar-refractivity contribution in [3.63, 3.8) is 0 Å². The number of carbonyl (C=O) groups excluding carboxylic acids is 1. The first kappa shape index (κ1) is 36.1. The maximum atomic E-state index is 15.5. The van der Waals surface area contributed by atoms with Crippen molar-refractivity contribution in [3.05, 3.63) is 105 Å². The first-order valence-electron chi connectivity index (χ1n) is 15.9. The number of methoxy groups -OCH3 is 1. The number of hydrogen-bond acceptors (Lipinski definition) is 4. The van der Waals surface area contributed by atoms with E-state index in [0.717, 1.165) is 52.9 Å². The Labute approximate surface area is 296 Å². The van der Waals surface area contributed by atoms with Gasteiger partial charge in [0.05, 0.1) is 58.3 Å². The predicted octanol–water partition coefficient (Wildman–Crippen LogP) is 7.35. The van der Waals surface area contributed by atoms with Gasteiger partial charge in [0.1, 0.15) is 43.6 Å². The molecule has 4 aromatic rings. The van der Waals surface area contributed by atoms with Gasteiger partial charge < -0.3 is 19.0 Å². The molecule has 5 rings (SSSR count). The van der Waals surface area contributed by atoms with Crippen LogP contribution in [0.25, 0.3) is 5.69 Å². The molecule has 1 saturated heterocycles. The lowest BCUT2D eigenvalue weighted by Crippen LogP contribution is -2.63. The van der Waals surface area contributed by atoms with Crippen molar-refractivity contribution in [1.29, 1.82) is 0 Å². The third kappa shape index (κ3) is 8.00. The molecule has 0 bridgehead atoms. The van der Waals surface area contributed by atoms with E-state index >= 15 is 4.39 Å². The van der Waals surface area contributed by atoms with E-state index in [4.69, 9.17) is 32.9 Å². The maximum absolute atomic E-state index is 15.5. The zero-order valence-corrected chi connectivity index (χ0v) is 30.6. The van der Waals surface area contributed by atoms with Gasteiger partial charge in [-0.1, -0.05) is 54.9 Å². The number of benzene rings is 3. The fourth-order valence-corrected chi connectivity index (χ4v) is 7.51. The standard InChI is InChI=1S/C36H42Cl2F2N5O2S/c1-36(2,25-7-12-29(37)32(21-25)47-6)33-22-42-35(43(33)27-10-8-26(39)9-11-27)48-23-28-30(38)19-24(20-31(28)40)34(46)41-13-14-45(5)17-15-44(3,4)16-18-45/h7-12,19-22H,13-18,23H2,1-6H3/q+1/p+1. The molecular formula is C36H43Cl2F2N5O2S+2. The average Bonchev–Trinajstić information content (AvgIpc) is 3.47. The lowest BCUT2D eigenvalue weighted by Gasteiger charge is -2.44. The van der Waals surface area contributed by atoms with Crippen LogP contribution in [-0.2, 0) is 11.2 Å². The topological polar surface area (TPSA) is 56.1 Å². The van der Waals surface area contributed by atoms with Crippen molar-refractivity contribution in [1.82, 2.24) is 14.9 Å². The molecule has 7 nitrogen and oxygen atoms in total. The van der Waals surface area contributed by atoms with E-state index in [2.05, 4.69) is 40.3 Å². The van der Waals surface area contributed by atoms with Gasteiger partial charge in [0.2, 0.25) is 0 Å². The van der Waals surface area contributed by atoms with Gasteiger partial charge in [0, 0.05) is 33.0 Å². The van der Waals surface area contributed by atoms with Gasteiger partial charge in [-0.15, -0.1) is 0 Å². The monoisotopic (exact) mass is 717 g/mol. The van der Waals surface area contributed by atoms with Crippen LogP contribution in [0.15, 0.2) is 66.0 Å². The number of carbonyl (C=O) groups is 1. The summed E-state index contributed by atoms with van der Waals surface area (Å²) in [6.07, 6.45) is 1.77. The van der Waals surface area contributed by atoms with Crippen molar-refractivity contribution in [2.75, 3.05) is 67.5 Å². The number of quaternary nitrogens is 2. The van der Waals surface area contributed by atoms with Crippen LogP contribution in [0.1, 0.15) is 41.0 Å². The summed E-state index contributed by atoms with van der Waals surface area (Å²) in [6, 6.07) is 14.5. The van der Waals surface area contributed by atoms with Crippen molar-refractivity contribution < 1.29 is 27.3 Å². The van der Waals surface area contributed by atoms with E-state index in [1.54, 1.807) is 31.5 Å². The highest BCUT2D eigenvalue weighted by Gasteiger charge is 2.34. The molecule has 0 aliphatic carbocycles. The molecule has 2 heterocycles. The lowest BCUT2D eigenvalue weighted by molar-refractivity contribution is -1.01. The second kappa shape index (κ2) is 14.4. The Balaban J connectivity index is 1.34. The number of nitrogens with zero attached hydrogens (tertiary/aromatic N) is 4. The van der Waals surface area contributed by atoms with Gasteiger partial charge >= 0.3 is 0 Å². The zero-order chi connectivity index (χ0) is 34.9. The number of amides is 1. The second-order valence-corrected chi connectivity index (χ2v) is 15.6. The molecule has 1 fully saturated rings. The largest absolute Gasteiger partial charge is 0.495 e. The molecule has 3 aromatic carbocycles. The highest BCUT2D eigenvalue weighted by atomic mass is 35.5. The van der Waals surface area contributed by atoms with E-state index in [1.165, 1.54) is 36.0 Å². The van der Waals surface area contributed by atoms with Crippen molar-refractivity contribution >= 4 is 40.9 Å². The third-order valence-electron chi connectivity index (χ3n) is 9.50. The smallest absolute Gasteiger partial charge is 0.251 e. The minimum atomic E-state index is -0.584. The van der Waals surface area contributed by atoms with E-state index < -0.39 is 11.2 Å². The van der Waals surface area contributed by atoms with Crippen LogP contribution in [0, 0.1) is 11.6 Å². The minimum absolute atomic E-state index is 0.157. The molecule has 1 aliphatic heterocycles. The minimum Gasteiger partial charge on any atom is -0.495 e. The number of imidazole rings is 1. The number of ether oxygens (including phenoxy) is 1.